The number of hydrogen-bond donors (Lipinski definition) is 0. The fourth-order valence-electron chi connectivity index (χ4n) is 3.63. The van der Waals surface area contributed by atoms with Gasteiger partial charge in [0.2, 0.25) is 5.09 Å². The minimum Gasteiger partial charge on any atom is -0.447 e. The van der Waals surface area contributed by atoms with E-state index >= 15 is 0 Å². The lowest BCUT2D eigenvalue weighted by molar-refractivity contribution is 0.156. The summed E-state index contributed by atoms with van der Waals surface area (Å²) in [7, 11) is -0.492. The highest BCUT2D eigenvalue weighted by Crippen LogP contribution is 2.26. The first kappa shape index (κ1) is 19.1. The zero-order valence-corrected chi connectivity index (χ0v) is 16.6. The molecule has 1 unspecified atom stereocenters. The monoisotopic (exact) mass is 376 g/mol. The molecule has 1 atom stereocenters. The van der Waals surface area contributed by atoms with E-state index in [4.69, 9.17) is 4.42 Å². The number of rotatable bonds is 7. The number of benzene rings is 1. The van der Waals surface area contributed by atoms with Crippen LogP contribution in [0.4, 0.5) is 0 Å². The van der Waals surface area contributed by atoms with Crippen LogP contribution in [0, 0.1) is 0 Å². The van der Waals surface area contributed by atoms with Gasteiger partial charge in [0.25, 0.3) is 10.0 Å². The average Bonchev–Trinajstić information content (AvgIpc) is 3.10. The molecule has 0 fully saturated rings. The highest BCUT2D eigenvalue weighted by atomic mass is 32.2. The smallest absolute Gasteiger partial charge is 0.275 e. The Bertz CT molecular complexity index is 842. The van der Waals surface area contributed by atoms with Gasteiger partial charge in [-0.1, -0.05) is 31.2 Å². The van der Waals surface area contributed by atoms with Crippen molar-refractivity contribution in [3.8, 4) is 0 Å². The van der Waals surface area contributed by atoms with Crippen LogP contribution in [0.2, 0.25) is 0 Å². The summed E-state index contributed by atoms with van der Waals surface area (Å²) >= 11 is 0. The molecule has 1 aliphatic rings. The second-order valence-electron chi connectivity index (χ2n) is 7.14. The van der Waals surface area contributed by atoms with Crippen molar-refractivity contribution in [2.24, 2.45) is 0 Å². The number of furan rings is 1. The fourth-order valence-corrected chi connectivity index (χ4v) is 4.44. The first-order valence-corrected chi connectivity index (χ1v) is 10.7. The van der Waals surface area contributed by atoms with Gasteiger partial charge < -0.3 is 4.42 Å². The van der Waals surface area contributed by atoms with Crippen molar-refractivity contribution in [1.29, 1.82) is 0 Å². The maximum atomic E-state index is 12.2. The Labute approximate surface area is 156 Å². The van der Waals surface area contributed by atoms with E-state index in [0.717, 1.165) is 32.2 Å². The molecular weight excluding hydrogens is 348 g/mol. The van der Waals surface area contributed by atoms with Crippen molar-refractivity contribution in [3.63, 3.8) is 0 Å². The van der Waals surface area contributed by atoms with Crippen molar-refractivity contribution in [1.82, 2.24) is 9.21 Å². The van der Waals surface area contributed by atoms with Crippen molar-refractivity contribution in [2.45, 2.75) is 50.3 Å². The van der Waals surface area contributed by atoms with Gasteiger partial charge in [0.05, 0.1) is 6.54 Å². The van der Waals surface area contributed by atoms with Gasteiger partial charge in [-0.15, -0.1) is 0 Å². The topological polar surface area (TPSA) is 53.8 Å². The van der Waals surface area contributed by atoms with E-state index < -0.39 is 10.0 Å². The molecule has 0 N–H and O–H groups in total. The summed E-state index contributed by atoms with van der Waals surface area (Å²) in [5.41, 5.74) is 2.89. The van der Waals surface area contributed by atoms with Gasteiger partial charge in [-0.25, -0.2) is 12.7 Å². The van der Waals surface area contributed by atoms with Gasteiger partial charge >= 0.3 is 0 Å². The van der Waals surface area contributed by atoms with Gasteiger partial charge in [-0.2, -0.15) is 0 Å². The molecule has 1 aliphatic carbocycles. The Morgan fingerprint density at radius 2 is 1.85 bits per heavy atom. The van der Waals surface area contributed by atoms with E-state index in [-0.39, 0.29) is 5.09 Å². The summed E-state index contributed by atoms with van der Waals surface area (Å²) in [6.45, 7) is 3.79. The number of fused-ring (bicyclic) bond motifs is 1. The third-order valence-corrected chi connectivity index (χ3v) is 6.77. The van der Waals surface area contributed by atoms with Gasteiger partial charge in [-0.05, 0) is 55.5 Å². The van der Waals surface area contributed by atoms with Crippen molar-refractivity contribution < 1.29 is 12.8 Å². The predicted octanol–water partition coefficient (Wildman–Crippen LogP) is 3.30. The summed E-state index contributed by atoms with van der Waals surface area (Å²) in [4.78, 5) is 2.43. The van der Waals surface area contributed by atoms with E-state index in [1.54, 1.807) is 12.1 Å². The van der Waals surface area contributed by atoms with Crippen LogP contribution >= 0.6 is 0 Å². The van der Waals surface area contributed by atoms with Gasteiger partial charge in [0.1, 0.15) is 5.76 Å². The largest absolute Gasteiger partial charge is 0.447 e. The molecule has 1 aromatic carbocycles. The molecule has 0 spiro atoms. The first-order valence-electron chi connectivity index (χ1n) is 9.24. The second-order valence-corrected chi connectivity index (χ2v) is 9.23. The van der Waals surface area contributed by atoms with Crippen LogP contribution in [0.1, 0.15) is 36.7 Å². The van der Waals surface area contributed by atoms with Crippen LogP contribution in [0.15, 0.2) is 45.9 Å². The number of aryl methyl sites for hydroxylation is 1. The zero-order chi connectivity index (χ0) is 18.7. The Balaban J connectivity index is 1.75. The number of hydrogen-bond acceptors (Lipinski definition) is 4. The highest BCUT2D eigenvalue weighted by molar-refractivity contribution is 7.88. The summed E-state index contributed by atoms with van der Waals surface area (Å²) in [6.07, 6.45) is 4.32. The predicted molar refractivity (Wildman–Crippen MR) is 103 cm³/mol. The Morgan fingerprint density at radius 3 is 2.54 bits per heavy atom. The van der Waals surface area contributed by atoms with Crippen LogP contribution in [-0.2, 0) is 29.4 Å². The lowest BCUT2D eigenvalue weighted by atomic mass is 9.87. The van der Waals surface area contributed by atoms with E-state index in [0.29, 0.717) is 18.3 Å². The highest BCUT2D eigenvalue weighted by Gasteiger charge is 2.26. The molecule has 0 saturated heterocycles. The maximum absolute atomic E-state index is 12.2. The molecule has 0 amide bonds. The van der Waals surface area contributed by atoms with E-state index in [1.807, 2.05) is 0 Å². The Kier molecular flexibility index (Phi) is 5.85. The summed E-state index contributed by atoms with van der Waals surface area (Å²) in [5.74, 6) is 0.706. The molecule has 26 heavy (non-hydrogen) atoms. The van der Waals surface area contributed by atoms with E-state index in [1.165, 1.54) is 29.5 Å². The number of sulfonamides is 1. The maximum Gasteiger partial charge on any atom is 0.275 e. The molecule has 3 rings (SSSR count). The molecule has 6 heteroatoms. The van der Waals surface area contributed by atoms with Crippen LogP contribution in [-0.4, -0.2) is 44.3 Å². The Hall–Kier alpha value is -1.63. The quantitative estimate of drug-likeness (QED) is 0.744. The van der Waals surface area contributed by atoms with Gasteiger partial charge in [0, 0.05) is 20.1 Å². The molecule has 5 nitrogen and oxygen atoms in total. The summed E-state index contributed by atoms with van der Waals surface area (Å²) in [5, 5.41) is 0.0166. The third-order valence-electron chi connectivity index (χ3n) is 5.08. The molecule has 0 aliphatic heterocycles. The van der Waals surface area contributed by atoms with Gasteiger partial charge in [0.15, 0.2) is 0 Å². The minimum atomic E-state index is -3.52. The number of nitrogens with zero attached hydrogens (tertiary/aromatic N) is 2. The SMILES string of the molecule is CCCN(Cc1ccc(S(=O)(=O)N(C)C)o1)C1CCc2ccccc2C1. The van der Waals surface area contributed by atoms with Crippen molar-refractivity contribution in [3.05, 3.63) is 53.3 Å². The summed E-state index contributed by atoms with van der Waals surface area (Å²) in [6, 6.07) is 12.5. The van der Waals surface area contributed by atoms with E-state index in [9.17, 15) is 8.42 Å². The van der Waals surface area contributed by atoms with Gasteiger partial charge in [-0.3, -0.25) is 4.90 Å². The fraction of sp³-hybridized carbons (Fsp3) is 0.500. The normalized spacial score (nSPS) is 17.7. The lowest BCUT2D eigenvalue weighted by Crippen LogP contribution is -2.39. The molecule has 0 radical (unpaired) electrons. The second kappa shape index (κ2) is 7.94. The average molecular weight is 377 g/mol. The Morgan fingerprint density at radius 1 is 1.12 bits per heavy atom. The molecule has 1 aromatic heterocycles. The van der Waals surface area contributed by atoms with Crippen molar-refractivity contribution >= 4 is 10.0 Å². The van der Waals surface area contributed by atoms with Crippen LogP contribution in [0.5, 0.6) is 0 Å². The lowest BCUT2D eigenvalue weighted by Gasteiger charge is -2.34. The molecule has 142 valence electrons. The zero-order valence-electron chi connectivity index (χ0n) is 15.8. The van der Waals surface area contributed by atoms with Crippen molar-refractivity contribution in [2.75, 3.05) is 20.6 Å². The van der Waals surface area contributed by atoms with Crippen LogP contribution in [0.25, 0.3) is 0 Å². The summed E-state index contributed by atoms with van der Waals surface area (Å²) < 4.78 is 31.3. The molecular formula is C20H28N2O3S. The van der Waals surface area contributed by atoms with Crippen LogP contribution < -0.4 is 0 Å². The molecule has 0 saturated carbocycles. The van der Waals surface area contributed by atoms with Crippen LogP contribution in [0.3, 0.4) is 0 Å². The molecule has 1 heterocycles. The first-order chi connectivity index (χ1) is 12.4. The molecule has 0 bridgehead atoms. The third kappa shape index (κ3) is 4.03. The van der Waals surface area contributed by atoms with E-state index in [2.05, 4.69) is 36.1 Å². The molecule has 2 aromatic rings. The standard InChI is InChI=1S/C20H28N2O3S/c1-4-13-22(18-10-9-16-7-5-6-8-17(16)14-18)15-19-11-12-20(25-19)26(23,24)21(2)3/h5-8,11-12,18H,4,9-10,13-15H2,1-3H3. The minimum absolute atomic E-state index is 0.0166.